The molecule has 0 saturated heterocycles. The first kappa shape index (κ1) is 18.9. The second-order valence-corrected chi connectivity index (χ2v) is 6.81. The van der Waals surface area contributed by atoms with E-state index in [1.165, 1.54) is 0 Å². The summed E-state index contributed by atoms with van der Waals surface area (Å²) in [5.41, 5.74) is 2.89. The molecule has 0 unspecified atom stereocenters. The van der Waals surface area contributed by atoms with Crippen LogP contribution in [0.2, 0.25) is 0 Å². The summed E-state index contributed by atoms with van der Waals surface area (Å²) in [7, 11) is 3.57. The van der Waals surface area contributed by atoms with E-state index in [0.29, 0.717) is 36.6 Å². The zero-order valence-electron chi connectivity index (χ0n) is 16.1. The van der Waals surface area contributed by atoms with Crippen LogP contribution >= 0.6 is 0 Å². The van der Waals surface area contributed by atoms with E-state index in [2.05, 4.69) is 11.2 Å². The van der Waals surface area contributed by atoms with Crippen LogP contribution in [0.15, 0.2) is 24.3 Å². The maximum Gasteiger partial charge on any atom is 0.274 e. The highest BCUT2D eigenvalue weighted by molar-refractivity contribution is 5.94. The van der Waals surface area contributed by atoms with E-state index in [4.69, 9.17) is 14.7 Å². The lowest BCUT2D eigenvalue weighted by molar-refractivity contribution is -0.00906. The number of nitrogens with zero attached hydrogens (tertiary/aromatic N) is 4. The van der Waals surface area contributed by atoms with E-state index in [1.807, 2.05) is 27.0 Å². The van der Waals surface area contributed by atoms with Crippen molar-refractivity contribution in [1.82, 2.24) is 14.7 Å². The van der Waals surface area contributed by atoms with Gasteiger partial charge in [-0.1, -0.05) is 12.1 Å². The van der Waals surface area contributed by atoms with E-state index in [-0.39, 0.29) is 18.1 Å². The maximum atomic E-state index is 12.9. The molecule has 0 radical (unpaired) electrons. The molecule has 0 bridgehead atoms. The number of aromatic nitrogens is 2. The number of amides is 1. The molecule has 1 amide bonds. The molecule has 7 heteroatoms. The van der Waals surface area contributed by atoms with E-state index < -0.39 is 0 Å². The Morgan fingerprint density at radius 1 is 1.44 bits per heavy atom. The molecule has 0 fully saturated rings. The van der Waals surface area contributed by atoms with Crippen molar-refractivity contribution in [1.29, 1.82) is 5.26 Å². The van der Waals surface area contributed by atoms with Gasteiger partial charge in [-0.05, 0) is 26.0 Å². The average molecular weight is 368 g/mol. The highest BCUT2D eigenvalue weighted by atomic mass is 16.5. The Balaban J connectivity index is 1.68. The molecule has 1 aromatic heterocycles. The molecule has 2 aromatic rings. The minimum atomic E-state index is -0.134. The molecule has 2 heterocycles. The fourth-order valence-electron chi connectivity index (χ4n) is 3.47. The Labute approximate surface area is 159 Å². The standard InChI is InChI=1S/C20H24N4O3/c1-13-11-16-18(22-24(4)19(16)14(2)27-13)20(25)23(3)9-10-26-17-8-6-5-7-15(17)12-21/h5-8,13-14H,9-11H2,1-4H3/t13-,14+/m1/s1. The first-order chi connectivity index (χ1) is 12.9. The highest BCUT2D eigenvalue weighted by Gasteiger charge is 2.32. The molecule has 1 aliphatic rings. The Hall–Kier alpha value is -2.85. The van der Waals surface area contributed by atoms with Crippen LogP contribution in [0.5, 0.6) is 5.75 Å². The predicted octanol–water partition coefficient (Wildman–Crippen LogP) is 2.46. The van der Waals surface area contributed by atoms with Crippen molar-refractivity contribution in [3.8, 4) is 11.8 Å². The maximum absolute atomic E-state index is 12.9. The number of hydrogen-bond acceptors (Lipinski definition) is 5. The first-order valence-corrected chi connectivity index (χ1v) is 9.01. The molecule has 0 spiro atoms. The fourth-order valence-corrected chi connectivity index (χ4v) is 3.47. The molecule has 27 heavy (non-hydrogen) atoms. The van der Waals surface area contributed by atoms with Crippen molar-refractivity contribution in [3.63, 3.8) is 0 Å². The summed E-state index contributed by atoms with van der Waals surface area (Å²) in [4.78, 5) is 14.5. The molecule has 0 saturated carbocycles. The SMILES string of the molecule is C[C@@H]1Cc2c(C(=O)N(C)CCOc3ccccc3C#N)nn(C)c2[C@H](C)O1. The zero-order chi connectivity index (χ0) is 19.6. The third-order valence-electron chi connectivity index (χ3n) is 4.75. The smallest absolute Gasteiger partial charge is 0.274 e. The Kier molecular flexibility index (Phi) is 5.47. The van der Waals surface area contributed by atoms with Crippen LogP contribution in [0.3, 0.4) is 0 Å². The molecule has 2 atom stereocenters. The van der Waals surface area contributed by atoms with Crippen LogP contribution in [0.4, 0.5) is 0 Å². The van der Waals surface area contributed by atoms with Crippen molar-refractivity contribution in [2.75, 3.05) is 20.2 Å². The molecule has 7 nitrogen and oxygen atoms in total. The molecular formula is C20H24N4O3. The van der Waals surface area contributed by atoms with Crippen LogP contribution in [0.25, 0.3) is 0 Å². The van der Waals surface area contributed by atoms with Crippen LogP contribution < -0.4 is 4.74 Å². The summed E-state index contributed by atoms with van der Waals surface area (Å²) in [6.45, 7) is 4.68. The van der Waals surface area contributed by atoms with Gasteiger partial charge in [-0.25, -0.2) is 0 Å². The van der Waals surface area contributed by atoms with Crippen LogP contribution in [0, 0.1) is 11.3 Å². The van der Waals surface area contributed by atoms with E-state index in [1.54, 1.807) is 34.8 Å². The summed E-state index contributed by atoms with van der Waals surface area (Å²) in [6.07, 6.45) is 0.646. The van der Waals surface area contributed by atoms with Gasteiger partial charge in [0.25, 0.3) is 5.91 Å². The van der Waals surface area contributed by atoms with Gasteiger partial charge < -0.3 is 14.4 Å². The lowest BCUT2D eigenvalue weighted by Crippen LogP contribution is -2.32. The van der Waals surface area contributed by atoms with Crippen molar-refractivity contribution >= 4 is 5.91 Å². The Bertz CT molecular complexity index is 884. The minimum absolute atomic E-state index is 0.0550. The number of ether oxygens (including phenoxy) is 2. The van der Waals surface area contributed by atoms with Gasteiger partial charge in [-0.2, -0.15) is 10.4 Å². The predicted molar refractivity (Wildman–Crippen MR) is 99.5 cm³/mol. The van der Waals surface area contributed by atoms with Crippen molar-refractivity contribution < 1.29 is 14.3 Å². The summed E-state index contributed by atoms with van der Waals surface area (Å²) in [5.74, 6) is 0.390. The summed E-state index contributed by atoms with van der Waals surface area (Å²) in [5, 5.41) is 13.6. The van der Waals surface area contributed by atoms with Crippen LogP contribution in [-0.2, 0) is 18.2 Å². The number of carbonyl (C=O) groups is 1. The second kappa shape index (κ2) is 7.80. The number of aryl methyl sites for hydroxylation is 1. The number of rotatable bonds is 5. The van der Waals surface area contributed by atoms with Crippen molar-refractivity contribution in [2.45, 2.75) is 32.5 Å². The largest absolute Gasteiger partial charge is 0.490 e. The minimum Gasteiger partial charge on any atom is -0.490 e. The third-order valence-corrected chi connectivity index (χ3v) is 4.75. The number of likely N-dealkylation sites (N-methyl/N-ethyl adjacent to an activating group) is 1. The number of hydrogen-bond donors (Lipinski definition) is 0. The number of carbonyl (C=O) groups excluding carboxylic acids is 1. The van der Waals surface area contributed by atoms with E-state index in [0.717, 1.165) is 11.3 Å². The number of benzene rings is 1. The summed E-state index contributed by atoms with van der Waals surface area (Å²) in [6, 6.07) is 9.15. The average Bonchev–Trinajstić information content (AvgIpc) is 2.97. The summed E-state index contributed by atoms with van der Waals surface area (Å²) >= 11 is 0. The lowest BCUT2D eigenvalue weighted by Gasteiger charge is -2.26. The molecule has 1 aliphatic heterocycles. The van der Waals surface area contributed by atoms with Gasteiger partial charge in [-0.3, -0.25) is 9.48 Å². The molecule has 1 aromatic carbocycles. The number of fused-ring (bicyclic) bond motifs is 1. The van der Waals surface area contributed by atoms with Gasteiger partial charge in [0.1, 0.15) is 18.4 Å². The number of para-hydroxylation sites is 1. The van der Waals surface area contributed by atoms with E-state index in [9.17, 15) is 4.79 Å². The number of nitriles is 1. The topological polar surface area (TPSA) is 80.4 Å². The third kappa shape index (κ3) is 3.81. The van der Waals surface area contributed by atoms with Gasteiger partial charge in [0.05, 0.1) is 30.0 Å². The quantitative estimate of drug-likeness (QED) is 0.810. The molecule has 0 N–H and O–H groups in total. The lowest BCUT2D eigenvalue weighted by atomic mass is 9.99. The van der Waals surface area contributed by atoms with Gasteiger partial charge in [0, 0.05) is 26.1 Å². The highest BCUT2D eigenvalue weighted by Crippen LogP contribution is 2.32. The van der Waals surface area contributed by atoms with Gasteiger partial charge in [-0.15, -0.1) is 0 Å². The normalized spacial score (nSPS) is 18.5. The van der Waals surface area contributed by atoms with Crippen molar-refractivity contribution in [2.24, 2.45) is 7.05 Å². The van der Waals surface area contributed by atoms with Gasteiger partial charge in [0.15, 0.2) is 5.69 Å². The Morgan fingerprint density at radius 2 is 2.19 bits per heavy atom. The van der Waals surface area contributed by atoms with Gasteiger partial charge in [0.2, 0.25) is 0 Å². The van der Waals surface area contributed by atoms with Crippen molar-refractivity contribution in [3.05, 3.63) is 46.8 Å². The first-order valence-electron chi connectivity index (χ1n) is 9.01. The molecule has 3 rings (SSSR count). The Morgan fingerprint density at radius 3 is 2.93 bits per heavy atom. The second-order valence-electron chi connectivity index (χ2n) is 6.81. The zero-order valence-corrected chi connectivity index (χ0v) is 16.1. The van der Waals surface area contributed by atoms with Crippen LogP contribution in [0.1, 0.15) is 47.3 Å². The van der Waals surface area contributed by atoms with Gasteiger partial charge >= 0.3 is 0 Å². The summed E-state index contributed by atoms with van der Waals surface area (Å²) < 4.78 is 13.3. The fraction of sp³-hybridized carbons (Fsp3) is 0.450. The molecule has 142 valence electrons. The van der Waals surface area contributed by atoms with E-state index >= 15 is 0 Å². The molecule has 0 aliphatic carbocycles. The van der Waals surface area contributed by atoms with Crippen LogP contribution in [-0.4, -0.2) is 46.9 Å². The monoisotopic (exact) mass is 368 g/mol. The molecular weight excluding hydrogens is 344 g/mol.